The third kappa shape index (κ3) is 3.00. The molecule has 3 nitrogen and oxygen atoms in total. The Morgan fingerprint density at radius 3 is 3.12 bits per heavy atom. The highest BCUT2D eigenvalue weighted by molar-refractivity contribution is 7.99. The molecule has 0 saturated carbocycles. The van der Waals surface area contributed by atoms with Crippen LogP contribution in [0.2, 0.25) is 0 Å². The summed E-state index contributed by atoms with van der Waals surface area (Å²) in [6.45, 7) is 4.49. The van der Waals surface area contributed by atoms with Crippen molar-refractivity contribution in [3.05, 3.63) is 46.9 Å². The van der Waals surface area contributed by atoms with Gasteiger partial charge in [-0.25, -0.2) is 4.98 Å². The van der Waals surface area contributed by atoms with Gasteiger partial charge in [-0.05, 0) is 11.4 Å². The molecule has 0 aliphatic rings. The van der Waals surface area contributed by atoms with Crippen LogP contribution in [0.3, 0.4) is 0 Å². The number of hydrogen-bond donors (Lipinski definition) is 1. The summed E-state index contributed by atoms with van der Waals surface area (Å²) in [6.07, 6.45) is 3.59. The number of aliphatic hydroxyl groups is 1. The van der Waals surface area contributed by atoms with E-state index in [-0.39, 0.29) is 6.61 Å². The van der Waals surface area contributed by atoms with Gasteiger partial charge >= 0.3 is 0 Å². The molecule has 0 amide bonds. The van der Waals surface area contributed by atoms with Crippen molar-refractivity contribution in [2.45, 2.75) is 18.3 Å². The maximum atomic E-state index is 9.30. The lowest BCUT2D eigenvalue weighted by atomic mass is 10.4. The predicted octanol–water partition coefficient (Wildman–Crippen LogP) is 2.76. The molecule has 2 aromatic heterocycles. The van der Waals surface area contributed by atoms with Crippen molar-refractivity contribution in [1.82, 2.24) is 9.55 Å². The second kappa shape index (κ2) is 6.05. The van der Waals surface area contributed by atoms with E-state index in [1.54, 1.807) is 29.3 Å². The molecule has 17 heavy (non-hydrogen) atoms. The van der Waals surface area contributed by atoms with Crippen LogP contribution >= 0.6 is 23.1 Å². The van der Waals surface area contributed by atoms with Crippen LogP contribution in [-0.4, -0.2) is 20.4 Å². The zero-order chi connectivity index (χ0) is 12.1. The number of aliphatic hydroxyl groups excluding tert-OH is 1. The van der Waals surface area contributed by atoms with Gasteiger partial charge in [-0.2, -0.15) is 0 Å². The molecule has 2 aromatic rings. The van der Waals surface area contributed by atoms with Crippen LogP contribution in [0.5, 0.6) is 0 Å². The van der Waals surface area contributed by atoms with Gasteiger partial charge in [0.2, 0.25) is 0 Å². The first-order valence-electron chi connectivity index (χ1n) is 5.26. The van der Waals surface area contributed by atoms with Crippen molar-refractivity contribution in [3.63, 3.8) is 0 Å². The van der Waals surface area contributed by atoms with E-state index in [2.05, 4.69) is 27.6 Å². The topological polar surface area (TPSA) is 38.1 Å². The Kier molecular flexibility index (Phi) is 4.42. The van der Waals surface area contributed by atoms with Gasteiger partial charge in [-0.1, -0.05) is 23.9 Å². The molecule has 0 bridgehead atoms. The highest BCUT2D eigenvalue weighted by Gasteiger charge is 2.10. The van der Waals surface area contributed by atoms with Gasteiger partial charge in [0.1, 0.15) is 0 Å². The largest absolute Gasteiger partial charge is 0.390 e. The van der Waals surface area contributed by atoms with Crippen molar-refractivity contribution < 1.29 is 5.11 Å². The average Bonchev–Trinajstić information content (AvgIpc) is 2.97. The van der Waals surface area contributed by atoms with Crippen molar-refractivity contribution in [1.29, 1.82) is 0 Å². The second-order valence-electron chi connectivity index (χ2n) is 3.46. The summed E-state index contributed by atoms with van der Waals surface area (Å²) >= 11 is 3.35. The summed E-state index contributed by atoms with van der Waals surface area (Å²) < 4.78 is 2.06. The molecule has 0 atom stereocenters. The van der Waals surface area contributed by atoms with Crippen molar-refractivity contribution in [2.24, 2.45) is 0 Å². The minimum atomic E-state index is 0.0209. The van der Waals surface area contributed by atoms with E-state index >= 15 is 0 Å². The van der Waals surface area contributed by atoms with E-state index in [1.807, 2.05) is 12.1 Å². The fourth-order valence-electron chi connectivity index (χ4n) is 1.49. The maximum Gasteiger partial charge on any atom is 0.168 e. The smallest absolute Gasteiger partial charge is 0.168 e. The quantitative estimate of drug-likeness (QED) is 0.645. The Labute approximate surface area is 109 Å². The highest BCUT2D eigenvalue weighted by Crippen LogP contribution is 2.21. The summed E-state index contributed by atoms with van der Waals surface area (Å²) in [4.78, 5) is 5.59. The molecule has 90 valence electrons. The SMILES string of the molecule is C=CCSc1ncc(CO)n1Cc1cccs1. The van der Waals surface area contributed by atoms with E-state index in [1.165, 1.54) is 4.88 Å². The normalized spacial score (nSPS) is 10.6. The van der Waals surface area contributed by atoms with Crippen molar-refractivity contribution in [3.8, 4) is 0 Å². The molecule has 2 rings (SSSR count). The number of thiophene rings is 1. The minimum absolute atomic E-state index is 0.0209. The highest BCUT2D eigenvalue weighted by atomic mass is 32.2. The number of imidazole rings is 1. The first kappa shape index (κ1) is 12.4. The average molecular weight is 266 g/mol. The third-order valence-electron chi connectivity index (χ3n) is 2.29. The van der Waals surface area contributed by atoms with Crippen molar-refractivity contribution >= 4 is 23.1 Å². The van der Waals surface area contributed by atoms with E-state index in [4.69, 9.17) is 0 Å². The molecule has 1 N–H and O–H groups in total. The predicted molar refractivity (Wildman–Crippen MR) is 72.5 cm³/mol. The molecular formula is C12H14N2OS2. The first-order valence-corrected chi connectivity index (χ1v) is 7.13. The molecule has 0 saturated heterocycles. The van der Waals surface area contributed by atoms with Crippen LogP contribution in [-0.2, 0) is 13.2 Å². The van der Waals surface area contributed by atoms with Gasteiger partial charge in [0.05, 0.1) is 25.0 Å². The van der Waals surface area contributed by atoms with Gasteiger partial charge in [0.15, 0.2) is 5.16 Å². The van der Waals surface area contributed by atoms with E-state index in [0.717, 1.165) is 23.1 Å². The van der Waals surface area contributed by atoms with Crippen LogP contribution in [0.25, 0.3) is 0 Å². The van der Waals surface area contributed by atoms with Gasteiger partial charge in [0, 0.05) is 10.6 Å². The molecule has 0 aliphatic heterocycles. The van der Waals surface area contributed by atoms with E-state index in [0.29, 0.717) is 0 Å². The molecule has 0 unspecified atom stereocenters. The molecule has 0 fully saturated rings. The molecule has 0 aromatic carbocycles. The lowest BCUT2D eigenvalue weighted by Crippen LogP contribution is -2.04. The standard InChI is InChI=1S/C12H14N2OS2/c1-2-5-17-12-13-7-10(9-15)14(12)8-11-4-3-6-16-11/h2-4,6-7,15H,1,5,8-9H2. The summed E-state index contributed by atoms with van der Waals surface area (Å²) in [5, 5.41) is 12.3. The Hall–Kier alpha value is -1.04. The number of nitrogens with zero attached hydrogens (tertiary/aromatic N) is 2. The maximum absolute atomic E-state index is 9.30. The summed E-state index contributed by atoms with van der Waals surface area (Å²) in [7, 11) is 0. The zero-order valence-corrected chi connectivity index (χ0v) is 11.0. The summed E-state index contributed by atoms with van der Waals surface area (Å²) in [6, 6.07) is 4.12. The lowest BCUT2D eigenvalue weighted by Gasteiger charge is -2.08. The molecule has 0 radical (unpaired) electrons. The zero-order valence-electron chi connectivity index (χ0n) is 9.37. The summed E-state index contributed by atoms with van der Waals surface area (Å²) in [5.74, 6) is 0.826. The van der Waals surface area contributed by atoms with Gasteiger partial charge < -0.3 is 9.67 Å². The van der Waals surface area contributed by atoms with E-state index in [9.17, 15) is 5.11 Å². The fraction of sp³-hybridized carbons (Fsp3) is 0.250. The minimum Gasteiger partial charge on any atom is -0.390 e. The third-order valence-corrected chi connectivity index (χ3v) is 4.14. The molecular weight excluding hydrogens is 252 g/mol. The van der Waals surface area contributed by atoms with Crippen LogP contribution in [0.1, 0.15) is 10.6 Å². The van der Waals surface area contributed by atoms with Gasteiger partial charge in [-0.15, -0.1) is 17.9 Å². The van der Waals surface area contributed by atoms with Crippen LogP contribution in [0.15, 0.2) is 41.5 Å². The van der Waals surface area contributed by atoms with Crippen molar-refractivity contribution in [2.75, 3.05) is 5.75 Å². The van der Waals surface area contributed by atoms with Gasteiger partial charge in [0.25, 0.3) is 0 Å². The Balaban J connectivity index is 2.22. The first-order chi connectivity index (χ1) is 8.35. The fourth-order valence-corrected chi connectivity index (χ4v) is 2.92. The van der Waals surface area contributed by atoms with E-state index < -0.39 is 0 Å². The Bertz CT molecular complexity index is 477. The second-order valence-corrected chi connectivity index (χ2v) is 5.47. The number of aromatic nitrogens is 2. The lowest BCUT2D eigenvalue weighted by molar-refractivity contribution is 0.270. The van der Waals surface area contributed by atoms with Crippen LogP contribution < -0.4 is 0 Å². The van der Waals surface area contributed by atoms with Crippen LogP contribution in [0.4, 0.5) is 0 Å². The molecule has 5 heteroatoms. The number of hydrogen-bond acceptors (Lipinski definition) is 4. The number of thioether (sulfide) groups is 1. The Morgan fingerprint density at radius 1 is 1.59 bits per heavy atom. The molecule has 2 heterocycles. The Morgan fingerprint density at radius 2 is 2.47 bits per heavy atom. The molecule has 0 spiro atoms. The number of rotatable bonds is 6. The summed E-state index contributed by atoms with van der Waals surface area (Å²) in [5.41, 5.74) is 0.852. The van der Waals surface area contributed by atoms with Gasteiger partial charge in [-0.3, -0.25) is 0 Å². The molecule has 0 aliphatic carbocycles. The monoisotopic (exact) mass is 266 g/mol. The van der Waals surface area contributed by atoms with Crippen LogP contribution in [0, 0.1) is 0 Å².